The number of aromatic carboxylic acids is 1. The quantitative estimate of drug-likeness (QED) is 0.728. The van der Waals surface area contributed by atoms with E-state index >= 15 is 0 Å². The van der Waals surface area contributed by atoms with E-state index in [1.165, 1.54) is 5.38 Å². The Kier molecular flexibility index (Phi) is 4.21. The zero-order valence-electron chi connectivity index (χ0n) is 8.67. The standard InChI is InChI=1S/C8H9NO6S2/c1-15-7(10)3-9-17(13,14)5-2-6(8(11)12)16-4-5/h2,4,9H,3H2,1H3,(H,11,12). The van der Waals surface area contributed by atoms with Gasteiger partial charge in [0.2, 0.25) is 10.0 Å². The molecule has 0 aliphatic heterocycles. The molecule has 1 aromatic rings. The molecule has 7 nitrogen and oxygen atoms in total. The predicted molar refractivity (Wildman–Crippen MR) is 58.5 cm³/mol. The summed E-state index contributed by atoms with van der Waals surface area (Å²) < 4.78 is 29.4. The van der Waals surface area contributed by atoms with Gasteiger partial charge in [0.25, 0.3) is 0 Å². The fraction of sp³-hybridized carbons (Fsp3) is 0.250. The van der Waals surface area contributed by atoms with Crippen LogP contribution in [0, 0.1) is 0 Å². The molecule has 0 saturated heterocycles. The fourth-order valence-electron chi connectivity index (χ4n) is 0.881. The van der Waals surface area contributed by atoms with E-state index in [9.17, 15) is 18.0 Å². The monoisotopic (exact) mass is 279 g/mol. The number of ether oxygens (including phenoxy) is 1. The minimum atomic E-state index is -3.88. The van der Waals surface area contributed by atoms with E-state index in [4.69, 9.17) is 5.11 Å². The smallest absolute Gasteiger partial charge is 0.345 e. The molecule has 0 radical (unpaired) electrons. The normalized spacial score (nSPS) is 11.1. The highest BCUT2D eigenvalue weighted by Gasteiger charge is 2.19. The van der Waals surface area contributed by atoms with Crippen molar-refractivity contribution < 1.29 is 27.9 Å². The highest BCUT2D eigenvalue weighted by Crippen LogP contribution is 2.18. The van der Waals surface area contributed by atoms with Crippen molar-refractivity contribution in [1.29, 1.82) is 0 Å². The maximum Gasteiger partial charge on any atom is 0.345 e. The lowest BCUT2D eigenvalue weighted by atomic mass is 10.5. The van der Waals surface area contributed by atoms with Crippen molar-refractivity contribution in [2.24, 2.45) is 0 Å². The van der Waals surface area contributed by atoms with Crippen LogP contribution in [0.1, 0.15) is 9.67 Å². The molecule has 0 atom stereocenters. The van der Waals surface area contributed by atoms with Gasteiger partial charge in [-0.1, -0.05) is 0 Å². The zero-order chi connectivity index (χ0) is 13.1. The number of carboxylic acid groups (broad SMARTS) is 1. The first-order chi connectivity index (χ1) is 7.86. The van der Waals surface area contributed by atoms with E-state index in [1.54, 1.807) is 0 Å². The lowest BCUT2D eigenvalue weighted by molar-refractivity contribution is -0.139. The Morgan fingerprint density at radius 3 is 2.65 bits per heavy atom. The SMILES string of the molecule is COC(=O)CNS(=O)(=O)c1csc(C(=O)O)c1. The molecule has 0 bridgehead atoms. The molecule has 1 heterocycles. The number of hydrogen-bond donors (Lipinski definition) is 2. The van der Waals surface area contributed by atoms with Crippen LogP contribution < -0.4 is 4.72 Å². The van der Waals surface area contributed by atoms with Gasteiger partial charge in [-0.05, 0) is 6.07 Å². The number of thiophene rings is 1. The molecule has 0 fully saturated rings. The fourth-order valence-corrected chi connectivity index (χ4v) is 2.96. The van der Waals surface area contributed by atoms with Crippen LogP contribution in [0.4, 0.5) is 0 Å². The molecule has 0 saturated carbocycles. The number of carbonyl (C=O) groups is 2. The summed E-state index contributed by atoms with van der Waals surface area (Å²) in [5, 5.41) is 9.82. The van der Waals surface area contributed by atoms with E-state index in [2.05, 4.69) is 4.74 Å². The highest BCUT2D eigenvalue weighted by atomic mass is 32.2. The second kappa shape index (κ2) is 5.25. The van der Waals surface area contributed by atoms with Crippen molar-refractivity contribution >= 4 is 33.3 Å². The van der Waals surface area contributed by atoms with Gasteiger partial charge in [-0.15, -0.1) is 11.3 Å². The Morgan fingerprint density at radius 2 is 2.18 bits per heavy atom. The average molecular weight is 279 g/mol. The first-order valence-electron chi connectivity index (χ1n) is 4.25. The Balaban J connectivity index is 2.82. The molecule has 0 unspecified atom stereocenters. The summed E-state index contributed by atoms with van der Waals surface area (Å²) in [6.45, 7) is -0.503. The summed E-state index contributed by atoms with van der Waals surface area (Å²) in [6, 6.07) is 1.02. The average Bonchev–Trinajstić information content (AvgIpc) is 2.76. The van der Waals surface area contributed by atoms with Crippen LogP contribution >= 0.6 is 11.3 Å². The van der Waals surface area contributed by atoms with Gasteiger partial charge < -0.3 is 9.84 Å². The topological polar surface area (TPSA) is 110 Å². The summed E-state index contributed by atoms with van der Waals surface area (Å²) >= 11 is 0.790. The minimum absolute atomic E-state index is 0.0940. The van der Waals surface area contributed by atoms with Gasteiger partial charge >= 0.3 is 11.9 Å². The molecule has 1 aromatic heterocycles. The maximum absolute atomic E-state index is 11.6. The number of carbonyl (C=O) groups excluding carboxylic acids is 1. The Morgan fingerprint density at radius 1 is 1.53 bits per heavy atom. The third kappa shape index (κ3) is 3.51. The first kappa shape index (κ1) is 13.6. The molecular formula is C8H9NO6S2. The Labute approximate surface area is 101 Å². The second-order valence-electron chi connectivity index (χ2n) is 2.85. The largest absolute Gasteiger partial charge is 0.477 e. The van der Waals surface area contributed by atoms with E-state index in [1.807, 2.05) is 4.72 Å². The molecule has 9 heteroatoms. The molecule has 94 valence electrons. The molecule has 1 rings (SSSR count). The van der Waals surface area contributed by atoms with Gasteiger partial charge in [0.15, 0.2) is 0 Å². The van der Waals surface area contributed by atoms with Crippen molar-refractivity contribution in [3.63, 3.8) is 0 Å². The summed E-state index contributed by atoms with van der Waals surface area (Å²) in [6.07, 6.45) is 0. The lowest BCUT2D eigenvalue weighted by Crippen LogP contribution is -2.29. The summed E-state index contributed by atoms with van der Waals surface area (Å²) in [5.74, 6) is -1.94. The number of methoxy groups -OCH3 is 1. The molecule has 0 aliphatic carbocycles. The predicted octanol–water partition coefficient (Wildman–Crippen LogP) is -0.102. The van der Waals surface area contributed by atoms with Crippen LogP contribution in [-0.4, -0.2) is 39.1 Å². The van der Waals surface area contributed by atoms with Gasteiger partial charge in [0.05, 0.1) is 12.0 Å². The number of hydrogen-bond acceptors (Lipinski definition) is 6. The third-order valence-corrected chi connectivity index (χ3v) is 4.18. The molecular weight excluding hydrogens is 270 g/mol. The van der Waals surface area contributed by atoms with Crippen molar-refractivity contribution in [3.05, 3.63) is 16.3 Å². The molecule has 17 heavy (non-hydrogen) atoms. The van der Waals surface area contributed by atoms with E-state index in [0.717, 1.165) is 24.5 Å². The van der Waals surface area contributed by atoms with E-state index in [-0.39, 0.29) is 9.77 Å². The second-order valence-corrected chi connectivity index (χ2v) is 5.53. The molecule has 0 aliphatic rings. The number of sulfonamides is 1. The highest BCUT2D eigenvalue weighted by molar-refractivity contribution is 7.89. The van der Waals surface area contributed by atoms with Crippen LogP contribution in [0.5, 0.6) is 0 Å². The van der Waals surface area contributed by atoms with Crippen LogP contribution in [0.15, 0.2) is 16.3 Å². The Bertz CT molecular complexity index is 532. The number of nitrogens with one attached hydrogen (secondary N) is 1. The zero-order valence-corrected chi connectivity index (χ0v) is 10.3. The number of rotatable bonds is 5. The molecule has 0 aromatic carbocycles. The van der Waals surface area contributed by atoms with E-state index in [0.29, 0.717) is 0 Å². The van der Waals surface area contributed by atoms with Crippen molar-refractivity contribution in [2.45, 2.75) is 4.90 Å². The molecule has 2 N–H and O–H groups in total. The van der Waals surface area contributed by atoms with Crippen molar-refractivity contribution in [1.82, 2.24) is 4.72 Å². The summed E-state index contributed by atoms with van der Waals surface area (Å²) in [5.41, 5.74) is 0. The molecule has 0 spiro atoms. The maximum atomic E-state index is 11.6. The summed E-state index contributed by atoms with van der Waals surface area (Å²) in [4.78, 5) is 21.1. The van der Waals surface area contributed by atoms with Gasteiger partial charge in [-0.3, -0.25) is 4.79 Å². The van der Waals surface area contributed by atoms with Gasteiger partial charge in [0, 0.05) is 5.38 Å². The van der Waals surface area contributed by atoms with E-state index < -0.39 is 28.5 Å². The first-order valence-corrected chi connectivity index (χ1v) is 6.61. The van der Waals surface area contributed by atoms with Crippen LogP contribution in [0.2, 0.25) is 0 Å². The van der Waals surface area contributed by atoms with Crippen LogP contribution in [0.3, 0.4) is 0 Å². The van der Waals surface area contributed by atoms with Gasteiger partial charge in [0.1, 0.15) is 11.4 Å². The molecule has 0 amide bonds. The van der Waals surface area contributed by atoms with Gasteiger partial charge in [-0.25, -0.2) is 13.2 Å². The van der Waals surface area contributed by atoms with Crippen LogP contribution in [-0.2, 0) is 19.6 Å². The number of esters is 1. The lowest BCUT2D eigenvalue weighted by Gasteiger charge is -2.02. The van der Waals surface area contributed by atoms with Crippen LogP contribution in [0.25, 0.3) is 0 Å². The Hall–Kier alpha value is -1.45. The number of carboxylic acids is 1. The van der Waals surface area contributed by atoms with Crippen molar-refractivity contribution in [3.8, 4) is 0 Å². The van der Waals surface area contributed by atoms with Crippen molar-refractivity contribution in [2.75, 3.05) is 13.7 Å². The minimum Gasteiger partial charge on any atom is -0.477 e. The van der Waals surface area contributed by atoms with Gasteiger partial charge in [-0.2, -0.15) is 4.72 Å². The summed E-state index contributed by atoms with van der Waals surface area (Å²) in [7, 11) is -2.75. The third-order valence-electron chi connectivity index (χ3n) is 1.73.